The van der Waals surface area contributed by atoms with Crippen molar-refractivity contribution in [3.63, 3.8) is 0 Å². The maximum atomic E-state index is 13.3. The van der Waals surface area contributed by atoms with Crippen LogP contribution in [-0.4, -0.2) is 29.8 Å². The molecule has 29 heavy (non-hydrogen) atoms. The van der Waals surface area contributed by atoms with Crippen molar-refractivity contribution in [2.45, 2.75) is 50.7 Å². The molecule has 1 saturated carbocycles. The van der Waals surface area contributed by atoms with Gasteiger partial charge in [-0.05, 0) is 68.0 Å². The van der Waals surface area contributed by atoms with Crippen molar-refractivity contribution >= 4 is 5.78 Å². The van der Waals surface area contributed by atoms with Gasteiger partial charge >= 0.3 is 6.18 Å². The van der Waals surface area contributed by atoms with E-state index >= 15 is 0 Å². The molecule has 0 aromatic heterocycles. The zero-order valence-electron chi connectivity index (χ0n) is 16.4. The van der Waals surface area contributed by atoms with Crippen LogP contribution in [0.25, 0.3) is 11.1 Å². The Morgan fingerprint density at radius 2 is 1.69 bits per heavy atom. The first-order valence-corrected chi connectivity index (χ1v) is 10.5. The van der Waals surface area contributed by atoms with Crippen LogP contribution >= 0.6 is 0 Å². The molecule has 4 rings (SSSR count). The summed E-state index contributed by atoms with van der Waals surface area (Å²) in [4.78, 5) is 15.7. The van der Waals surface area contributed by atoms with Gasteiger partial charge in [-0.1, -0.05) is 42.8 Å². The number of hydrogen-bond acceptors (Lipinski definition) is 2. The van der Waals surface area contributed by atoms with Gasteiger partial charge in [-0.15, -0.1) is 0 Å². The molecule has 154 valence electrons. The molecule has 0 spiro atoms. The fraction of sp³-hybridized carbons (Fsp3) is 0.458. The first-order chi connectivity index (χ1) is 13.9. The summed E-state index contributed by atoms with van der Waals surface area (Å²) in [6.07, 6.45) is 1.68. The van der Waals surface area contributed by atoms with Crippen LogP contribution in [-0.2, 0) is 6.18 Å². The first kappa shape index (κ1) is 20.1. The van der Waals surface area contributed by atoms with Gasteiger partial charge in [0.05, 0.1) is 5.56 Å². The quantitative estimate of drug-likeness (QED) is 0.555. The van der Waals surface area contributed by atoms with Crippen LogP contribution in [0.2, 0.25) is 0 Å². The van der Waals surface area contributed by atoms with E-state index in [4.69, 9.17) is 0 Å². The van der Waals surface area contributed by atoms with Gasteiger partial charge in [0.2, 0.25) is 0 Å². The summed E-state index contributed by atoms with van der Waals surface area (Å²) in [6, 6.07) is 12.9. The van der Waals surface area contributed by atoms with Crippen LogP contribution < -0.4 is 0 Å². The summed E-state index contributed by atoms with van der Waals surface area (Å²) in [5, 5.41) is 0. The predicted octanol–water partition coefficient (Wildman–Crippen LogP) is 6.21. The zero-order chi connectivity index (χ0) is 20.4. The van der Waals surface area contributed by atoms with Crippen molar-refractivity contribution in [1.82, 2.24) is 4.90 Å². The lowest BCUT2D eigenvalue weighted by Gasteiger charge is -2.29. The minimum absolute atomic E-state index is 0.0475. The van der Waals surface area contributed by atoms with Gasteiger partial charge in [0.15, 0.2) is 5.78 Å². The third-order valence-electron chi connectivity index (χ3n) is 6.41. The number of halogens is 3. The van der Waals surface area contributed by atoms with Crippen LogP contribution in [0, 0.1) is 5.92 Å². The van der Waals surface area contributed by atoms with Crippen molar-refractivity contribution in [2.24, 2.45) is 5.92 Å². The van der Waals surface area contributed by atoms with Crippen LogP contribution in [0.15, 0.2) is 48.5 Å². The Kier molecular flexibility index (Phi) is 5.77. The third-order valence-corrected chi connectivity index (χ3v) is 6.41. The van der Waals surface area contributed by atoms with E-state index in [9.17, 15) is 18.0 Å². The van der Waals surface area contributed by atoms with Gasteiger partial charge in [0.1, 0.15) is 0 Å². The summed E-state index contributed by atoms with van der Waals surface area (Å²) in [7, 11) is 0. The van der Waals surface area contributed by atoms with E-state index in [1.807, 2.05) is 6.07 Å². The van der Waals surface area contributed by atoms with E-state index in [2.05, 4.69) is 4.90 Å². The molecule has 1 aliphatic heterocycles. The maximum absolute atomic E-state index is 13.3. The number of carbonyl (C=O) groups excluding carboxylic acids is 1. The first-order valence-electron chi connectivity index (χ1n) is 10.5. The second-order valence-electron chi connectivity index (χ2n) is 8.25. The average molecular weight is 401 g/mol. The monoisotopic (exact) mass is 401 g/mol. The SMILES string of the molecule is O=C(C[C@H]1CCC[C@H]1N1CCCC1)c1ccc(C(F)(F)F)cc1-c1ccccc1. The number of carbonyl (C=O) groups is 1. The predicted molar refractivity (Wildman–Crippen MR) is 108 cm³/mol. The lowest BCUT2D eigenvalue weighted by atomic mass is 9.88. The largest absolute Gasteiger partial charge is 0.416 e. The van der Waals surface area contributed by atoms with Crippen LogP contribution in [0.4, 0.5) is 13.2 Å². The molecule has 2 aliphatic rings. The van der Waals surface area contributed by atoms with Crippen LogP contribution in [0.1, 0.15) is 54.4 Å². The molecule has 0 N–H and O–H groups in total. The average Bonchev–Trinajstić information content (AvgIpc) is 3.39. The van der Waals surface area contributed by atoms with Gasteiger partial charge in [-0.25, -0.2) is 0 Å². The second-order valence-corrected chi connectivity index (χ2v) is 8.25. The van der Waals surface area contributed by atoms with Gasteiger partial charge in [0.25, 0.3) is 0 Å². The maximum Gasteiger partial charge on any atom is 0.416 e. The molecule has 0 unspecified atom stereocenters. The topological polar surface area (TPSA) is 20.3 Å². The lowest BCUT2D eigenvalue weighted by molar-refractivity contribution is -0.137. The Hall–Kier alpha value is -2.14. The number of nitrogens with zero attached hydrogens (tertiary/aromatic N) is 1. The molecule has 0 amide bonds. The van der Waals surface area contributed by atoms with Gasteiger partial charge in [-0.2, -0.15) is 13.2 Å². The number of likely N-dealkylation sites (tertiary alicyclic amines) is 1. The highest BCUT2D eigenvalue weighted by molar-refractivity contribution is 6.02. The Morgan fingerprint density at radius 3 is 2.38 bits per heavy atom. The number of Topliss-reactive ketones (excluding diaryl/α,β-unsaturated/α-hetero) is 1. The molecule has 1 heterocycles. The summed E-state index contributed by atoms with van der Waals surface area (Å²) < 4.78 is 39.8. The fourth-order valence-corrected chi connectivity index (χ4v) is 4.98. The number of benzene rings is 2. The van der Waals surface area contributed by atoms with E-state index in [1.165, 1.54) is 18.9 Å². The second kappa shape index (κ2) is 8.31. The van der Waals surface area contributed by atoms with Crippen molar-refractivity contribution in [3.8, 4) is 11.1 Å². The molecular formula is C24H26F3NO. The van der Waals surface area contributed by atoms with Gasteiger partial charge < -0.3 is 4.90 Å². The molecule has 2 fully saturated rings. The van der Waals surface area contributed by atoms with E-state index in [0.717, 1.165) is 44.5 Å². The highest BCUT2D eigenvalue weighted by Gasteiger charge is 2.36. The lowest BCUT2D eigenvalue weighted by Crippen LogP contribution is -2.36. The summed E-state index contributed by atoms with van der Waals surface area (Å²) in [6.45, 7) is 2.20. The highest BCUT2D eigenvalue weighted by Crippen LogP contribution is 2.38. The summed E-state index contributed by atoms with van der Waals surface area (Å²) >= 11 is 0. The molecule has 2 nitrogen and oxygen atoms in total. The molecule has 2 aromatic rings. The Balaban J connectivity index is 1.62. The van der Waals surface area contributed by atoms with Crippen molar-refractivity contribution in [2.75, 3.05) is 13.1 Å². The minimum atomic E-state index is -4.43. The van der Waals surface area contributed by atoms with E-state index < -0.39 is 11.7 Å². The highest BCUT2D eigenvalue weighted by atomic mass is 19.4. The number of rotatable bonds is 5. The Bertz CT molecular complexity index is 856. The van der Waals surface area contributed by atoms with Crippen LogP contribution in [0.5, 0.6) is 0 Å². The molecule has 1 saturated heterocycles. The van der Waals surface area contributed by atoms with E-state index in [0.29, 0.717) is 35.1 Å². The summed E-state index contributed by atoms with van der Waals surface area (Å²) in [5.74, 6) is 0.250. The molecule has 5 heteroatoms. The molecule has 2 aromatic carbocycles. The molecule has 2 atom stereocenters. The van der Waals surface area contributed by atoms with Crippen molar-refractivity contribution in [3.05, 3.63) is 59.7 Å². The van der Waals surface area contributed by atoms with Gasteiger partial charge in [0, 0.05) is 18.0 Å². The van der Waals surface area contributed by atoms with E-state index in [1.54, 1.807) is 24.3 Å². The third kappa shape index (κ3) is 4.40. The molecule has 0 bridgehead atoms. The fourth-order valence-electron chi connectivity index (χ4n) is 4.98. The number of alkyl halides is 3. The summed E-state index contributed by atoms with van der Waals surface area (Å²) in [5.41, 5.74) is 0.700. The smallest absolute Gasteiger partial charge is 0.300 e. The minimum Gasteiger partial charge on any atom is -0.300 e. The zero-order valence-corrected chi connectivity index (χ0v) is 16.4. The van der Waals surface area contributed by atoms with Crippen LogP contribution in [0.3, 0.4) is 0 Å². The normalized spacial score (nSPS) is 22.9. The van der Waals surface area contributed by atoms with Crippen molar-refractivity contribution in [1.29, 1.82) is 0 Å². The molecular weight excluding hydrogens is 375 g/mol. The Labute approximate surface area is 169 Å². The Morgan fingerprint density at radius 1 is 0.966 bits per heavy atom. The standard InChI is InChI=1S/C24H26F3NO/c25-24(26,27)19-11-12-20(21(16-19)17-7-2-1-3-8-17)23(29)15-18-9-6-10-22(18)28-13-4-5-14-28/h1-3,7-8,11-12,16,18,22H,4-6,9-10,13-15H2/t18-,22-/m1/s1. The van der Waals surface area contributed by atoms with Gasteiger partial charge in [-0.3, -0.25) is 4.79 Å². The van der Waals surface area contributed by atoms with Crippen molar-refractivity contribution < 1.29 is 18.0 Å². The van der Waals surface area contributed by atoms with E-state index in [-0.39, 0.29) is 5.78 Å². The number of hydrogen-bond donors (Lipinski definition) is 0. The number of ketones is 1. The molecule has 0 radical (unpaired) electrons. The molecule has 1 aliphatic carbocycles.